The van der Waals surface area contributed by atoms with Crippen molar-refractivity contribution in [3.8, 4) is 0 Å². The van der Waals surface area contributed by atoms with Crippen LogP contribution in [0.5, 0.6) is 0 Å². The number of aryl methyl sites for hydroxylation is 1. The second kappa shape index (κ2) is 7.23. The molecule has 0 aliphatic carbocycles. The van der Waals surface area contributed by atoms with Crippen LogP contribution in [0.4, 0.5) is 0 Å². The van der Waals surface area contributed by atoms with Crippen molar-refractivity contribution in [2.45, 2.75) is 13.0 Å². The zero-order valence-electron chi connectivity index (χ0n) is 16.7. The predicted molar refractivity (Wildman–Crippen MR) is 119 cm³/mol. The summed E-state index contributed by atoms with van der Waals surface area (Å²) in [6, 6.07) is 9.82. The molecule has 0 unspecified atom stereocenters. The number of fused-ring (bicyclic) bond motifs is 2. The average molecular weight is 420 g/mol. The minimum Gasteiger partial charge on any atom is -0.360 e. The zero-order chi connectivity index (χ0) is 20.8. The minimum atomic E-state index is -0.399. The molecule has 1 aromatic carbocycles. The van der Waals surface area contributed by atoms with E-state index in [9.17, 15) is 9.59 Å². The Hall–Kier alpha value is -3.23. The monoisotopic (exact) mass is 419 g/mol. The quantitative estimate of drug-likeness (QED) is 0.471. The van der Waals surface area contributed by atoms with Crippen LogP contribution in [0.1, 0.15) is 17.7 Å². The molecule has 0 spiro atoms. The lowest BCUT2D eigenvalue weighted by atomic mass is 9.99. The van der Waals surface area contributed by atoms with Crippen molar-refractivity contribution in [2.75, 3.05) is 20.6 Å². The first kappa shape index (κ1) is 18.8. The molecule has 2 N–H and O–H groups in total. The highest BCUT2D eigenvalue weighted by Crippen LogP contribution is 2.38. The van der Waals surface area contributed by atoms with Crippen molar-refractivity contribution in [3.05, 3.63) is 53.2 Å². The summed E-state index contributed by atoms with van der Waals surface area (Å²) < 4.78 is 2.90. The van der Waals surface area contributed by atoms with Gasteiger partial charge in [-0.1, -0.05) is 18.2 Å². The maximum Gasteiger partial charge on any atom is 0.261 e. The summed E-state index contributed by atoms with van der Waals surface area (Å²) in [5.41, 5.74) is 3.94. The molecular formula is C22H21N5O2S. The van der Waals surface area contributed by atoms with Gasteiger partial charge in [-0.2, -0.15) is 5.10 Å². The molecule has 2 amide bonds. The average Bonchev–Trinajstić information content (AvgIpc) is 3.45. The summed E-state index contributed by atoms with van der Waals surface area (Å²) in [6.45, 7) is 1.67. The summed E-state index contributed by atoms with van der Waals surface area (Å²) in [5.74, 6) is -0.778. The molecule has 0 atom stereocenters. The van der Waals surface area contributed by atoms with Crippen LogP contribution in [0.3, 0.4) is 0 Å². The largest absolute Gasteiger partial charge is 0.360 e. The van der Waals surface area contributed by atoms with E-state index in [0.717, 1.165) is 46.2 Å². The van der Waals surface area contributed by atoms with Gasteiger partial charge in [0.25, 0.3) is 11.8 Å². The molecule has 0 fully saturated rings. The third-order valence-electron chi connectivity index (χ3n) is 5.35. The molecule has 0 radical (unpaired) electrons. The highest BCUT2D eigenvalue weighted by atomic mass is 32.1. The number of para-hydroxylation sites is 1. The summed E-state index contributed by atoms with van der Waals surface area (Å²) in [6.07, 6.45) is 2.73. The highest BCUT2D eigenvalue weighted by Gasteiger charge is 2.36. The fourth-order valence-electron chi connectivity index (χ4n) is 3.99. The first-order valence-corrected chi connectivity index (χ1v) is 10.7. The lowest BCUT2D eigenvalue weighted by molar-refractivity contribution is -0.122. The van der Waals surface area contributed by atoms with Crippen LogP contribution in [0.25, 0.3) is 32.3 Å². The number of nitrogens with zero attached hydrogens (tertiary/aromatic N) is 3. The van der Waals surface area contributed by atoms with E-state index in [-0.39, 0.29) is 5.91 Å². The van der Waals surface area contributed by atoms with E-state index in [4.69, 9.17) is 5.10 Å². The number of aromatic nitrogens is 3. The summed E-state index contributed by atoms with van der Waals surface area (Å²) in [5, 5.41) is 10.1. The van der Waals surface area contributed by atoms with Gasteiger partial charge < -0.3 is 9.88 Å². The molecule has 5 rings (SSSR count). The molecule has 8 heteroatoms. The number of rotatable bonds is 6. The summed E-state index contributed by atoms with van der Waals surface area (Å²) in [4.78, 5) is 31.0. The van der Waals surface area contributed by atoms with Gasteiger partial charge in [0.1, 0.15) is 5.69 Å². The Labute approximate surface area is 177 Å². The van der Waals surface area contributed by atoms with E-state index >= 15 is 0 Å². The second-order valence-corrected chi connectivity index (χ2v) is 8.56. The Balaban J connectivity index is 1.69. The number of nitrogens with one attached hydrogen (secondary N) is 2. The number of carbonyl (C=O) groups is 2. The van der Waals surface area contributed by atoms with Gasteiger partial charge in [0.05, 0.1) is 26.9 Å². The summed E-state index contributed by atoms with van der Waals surface area (Å²) in [7, 11) is 4.08. The van der Waals surface area contributed by atoms with E-state index in [2.05, 4.69) is 15.2 Å². The molecule has 4 aromatic rings. The van der Waals surface area contributed by atoms with Crippen molar-refractivity contribution in [3.63, 3.8) is 0 Å². The molecule has 1 aliphatic rings. The van der Waals surface area contributed by atoms with Gasteiger partial charge in [0.15, 0.2) is 0 Å². The topological polar surface area (TPSA) is 83.0 Å². The lowest BCUT2D eigenvalue weighted by Crippen LogP contribution is -2.22. The molecule has 0 bridgehead atoms. The van der Waals surface area contributed by atoms with Crippen LogP contribution >= 0.6 is 11.3 Å². The van der Waals surface area contributed by atoms with Crippen LogP contribution in [-0.4, -0.2) is 52.1 Å². The van der Waals surface area contributed by atoms with Crippen LogP contribution < -0.4 is 5.32 Å². The molecule has 4 heterocycles. The van der Waals surface area contributed by atoms with Gasteiger partial charge in [-0.25, -0.2) is 0 Å². The van der Waals surface area contributed by atoms with E-state index < -0.39 is 5.91 Å². The second-order valence-electron chi connectivity index (χ2n) is 7.64. The Morgan fingerprint density at radius 2 is 1.90 bits per heavy atom. The number of hydrogen-bond donors (Lipinski definition) is 2. The molecule has 152 valence electrons. The number of hydrogen-bond acceptors (Lipinski definition) is 5. The fourth-order valence-corrected chi connectivity index (χ4v) is 4.87. The van der Waals surface area contributed by atoms with Gasteiger partial charge in [-0.05, 0) is 44.6 Å². The number of imide groups is 1. The van der Waals surface area contributed by atoms with Crippen molar-refractivity contribution in [1.29, 1.82) is 0 Å². The SMILES string of the molecule is CN(C)CCCn1nc(C2=C(c3c[nH]c4ccsc34)C(=O)NC2=O)c2ccccc21. The molecule has 3 aromatic heterocycles. The van der Waals surface area contributed by atoms with Gasteiger partial charge in [-0.3, -0.25) is 19.6 Å². The van der Waals surface area contributed by atoms with Gasteiger partial charge in [-0.15, -0.1) is 11.3 Å². The van der Waals surface area contributed by atoms with Crippen LogP contribution in [0.2, 0.25) is 0 Å². The van der Waals surface area contributed by atoms with Gasteiger partial charge in [0.2, 0.25) is 0 Å². The predicted octanol–water partition coefficient (Wildman–Crippen LogP) is 3.10. The number of thiophene rings is 1. The first-order chi connectivity index (χ1) is 14.5. The standard InChI is InChI=1S/C22H21N5O2S/c1-26(2)9-5-10-27-16-7-4-3-6-13(16)19(25-27)18-17(21(28)24-22(18)29)14-12-23-15-8-11-30-20(14)15/h3-4,6-8,11-12,23H,5,9-10H2,1-2H3,(H,24,28,29). The zero-order valence-corrected chi connectivity index (χ0v) is 17.5. The number of carbonyl (C=O) groups excluding carboxylic acids is 2. The molecular weight excluding hydrogens is 398 g/mol. The lowest BCUT2D eigenvalue weighted by Gasteiger charge is -2.09. The molecule has 0 saturated carbocycles. The van der Waals surface area contributed by atoms with E-state index in [0.29, 0.717) is 16.8 Å². The first-order valence-electron chi connectivity index (χ1n) is 9.80. The smallest absolute Gasteiger partial charge is 0.261 e. The number of benzene rings is 1. The molecule has 30 heavy (non-hydrogen) atoms. The molecule has 7 nitrogen and oxygen atoms in total. The molecule has 0 saturated heterocycles. The normalized spacial score (nSPS) is 14.6. The fraction of sp³-hybridized carbons (Fsp3) is 0.227. The third kappa shape index (κ3) is 2.96. The van der Waals surface area contributed by atoms with Crippen molar-refractivity contribution >= 4 is 55.4 Å². The van der Waals surface area contributed by atoms with Crippen molar-refractivity contribution < 1.29 is 9.59 Å². The van der Waals surface area contributed by atoms with Gasteiger partial charge in [0, 0.05) is 23.7 Å². The number of aromatic amines is 1. The Morgan fingerprint density at radius 1 is 1.10 bits per heavy atom. The van der Waals surface area contributed by atoms with Crippen LogP contribution in [-0.2, 0) is 16.1 Å². The van der Waals surface area contributed by atoms with Crippen molar-refractivity contribution in [1.82, 2.24) is 25.0 Å². The Bertz CT molecular complexity index is 1320. The maximum atomic E-state index is 12.9. The third-order valence-corrected chi connectivity index (χ3v) is 6.30. The van der Waals surface area contributed by atoms with Crippen LogP contribution in [0, 0.1) is 0 Å². The number of H-pyrrole nitrogens is 1. The number of amides is 2. The van der Waals surface area contributed by atoms with E-state index in [1.807, 2.05) is 54.5 Å². The highest BCUT2D eigenvalue weighted by molar-refractivity contribution is 7.17. The minimum absolute atomic E-state index is 0.344. The Kier molecular flexibility index (Phi) is 4.52. The maximum absolute atomic E-state index is 12.9. The van der Waals surface area contributed by atoms with Crippen LogP contribution in [0.15, 0.2) is 41.9 Å². The van der Waals surface area contributed by atoms with Gasteiger partial charge >= 0.3 is 0 Å². The Morgan fingerprint density at radius 3 is 2.73 bits per heavy atom. The van der Waals surface area contributed by atoms with E-state index in [1.165, 1.54) is 0 Å². The molecule has 1 aliphatic heterocycles. The van der Waals surface area contributed by atoms with Crippen molar-refractivity contribution in [2.24, 2.45) is 0 Å². The van der Waals surface area contributed by atoms with E-state index in [1.54, 1.807) is 17.5 Å². The summed E-state index contributed by atoms with van der Waals surface area (Å²) >= 11 is 1.54.